The number of hydrogen-bond acceptors (Lipinski definition) is 6. The summed E-state index contributed by atoms with van der Waals surface area (Å²) < 4.78 is 0. The van der Waals surface area contributed by atoms with Crippen molar-refractivity contribution in [1.29, 1.82) is 0 Å². The van der Waals surface area contributed by atoms with Gasteiger partial charge in [0.2, 0.25) is 0 Å². The molecule has 2 amide bonds. The van der Waals surface area contributed by atoms with Gasteiger partial charge in [-0.1, -0.05) is 46.6 Å². The van der Waals surface area contributed by atoms with Crippen molar-refractivity contribution in [3.05, 3.63) is 73.5 Å². The average molecular weight is 565 g/mol. The van der Waals surface area contributed by atoms with Crippen molar-refractivity contribution in [3.8, 4) is 16.2 Å². The van der Waals surface area contributed by atoms with E-state index in [1.54, 1.807) is 30.5 Å². The van der Waals surface area contributed by atoms with E-state index in [-0.39, 0.29) is 86.4 Å². The van der Waals surface area contributed by atoms with Crippen LogP contribution in [0.3, 0.4) is 0 Å². The van der Waals surface area contributed by atoms with Crippen molar-refractivity contribution >= 4 is 63.7 Å². The zero-order chi connectivity index (χ0) is 24.1. The summed E-state index contributed by atoms with van der Waals surface area (Å²) in [6.45, 7) is 1.48. The molecule has 0 atom stereocenters. The van der Waals surface area contributed by atoms with Crippen LogP contribution in [0.25, 0.3) is 10.4 Å². The van der Waals surface area contributed by atoms with E-state index in [4.69, 9.17) is 39.9 Å². The number of aliphatic hydroxyl groups is 1. The number of benzene rings is 2. The monoisotopic (exact) mass is 563 g/mol. The van der Waals surface area contributed by atoms with E-state index in [1.165, 1.54) is 29.5 Å². The molecular formula is C22H17Cl3KN3O4S. The van der Waals surface area contributed by atoms with Gasteiger partial charge in [0.25, 0.3) is 11.8 Å². The Kier molecular flexibility index (Phi) is 11.5. The first-order valence-corrected chi connectivity index (χ1v) is 11.5. The molecule has 0 aliphatic rings. The third-order valence-electron chi connectivity index (χ3n) is 4.52. The molecule has 1 aromatic heterocycles. The van der Waals surface area contributed by atoms with Crippen LogP contribution < -0.4 is 67.2 Å². The third kappa shape index (κ3) is 7.04. The summed E-state index contributed by atoms with van der Waals surface area (Å²) in [5.41, 5.74) is 4.04. The molecule has 172 valence electrons. The maximum atomic E-state index is 12.8. The Morgan fingerprint density at radius 3 is 2.41 bits per heavy atom. The number of thiophene rings is 1. The Balaban J connectivity index is 0.00000408. The van der Waals surface area contributed by atoms with Crippen LogP contribution in [0.2, 0.25) is 15.1 Å². The standard InChI is InChI=1S/C22H18Cl3N3O4S.K/c1-11(15-10-33-20(19(15)30)12-3-5-16(23)18(25)8-12)27-28-21(31)13-2-4-14(17(24)9-13)22(32)26-6-7-29;/h2-5,8-10,29-30H,6-7H2,1H3,(H,26,32)(H,28,31);/q;+1/p-1/b27-11+;. The van der Waals surface area contributed by atoms with Crippen molar-refractivity contribution in [1.82, 2.24) is 10.7 Å². The first-order chi connectivity index (χ1) is 15.7. The number of halogens is 3. The number of carbonyl (C=O) groups excluding carboxylic acids is 2. The van der Waals surface area contributed by atoms with E-state index < -0.39 is 11.8 Å². The topological polar surface area (TPSA) is 114 Å². The van der Waals surface area contributed by atoms with Crippen LogP contribution in [0, 0.1) is 0 Å². The second-order valence-electron chi connectivity index (χ2n) is 6.75. The van der Waals surface area contributed by atoms with Gasteiger partial charge in [0.05, 0.1) is 32.9 Å². The summed E-state index contributed by atoms with van der Waals surface area (Å²) in [6, 6.07) is 9.10. The normalized spacial score (nSPS) is 11.0. The first-order valence-electron chi connectivity index (χ1n) is 9.50. The van der Waals surface area contributed by atoms with E-state index in [1.807, 2.05) is 0 Å². The fraction of sp³-hybridized carbons (Fsp3) is 0.136. The molecule has 2 aromatic carbocycles. The number of aliphatic hydroxyl groups excluding tert-OH is 1. The van der Waals surface area contributed by atoms with Gasteiger partial charge in [-0.15, -0.1) is 11.3 Å². The fourth-order valence-electron chi connectivity index (χ4n) is 2.80. The maximum Gasteiger partial charge on any atom is 1.00 e. The third-order valence-corrected chi connectivity index (χ3v) is 6.58. The Labute approximate surface area is 257 Å². The van der Waals surface area contributed by atoms with Crippen LogP contribution in [-0.4, -0.2) is 35.8 Å². The van der Waals surface area contributed by atoms with E-state index in [0.29, 0.717) is 31.8 Å². The summed E-state index contributed by atoms with van der Waals surface area (Å²) >= 11 is 19.3. The molecule has 0 bridgehead atoms. The molecule has 3 aromatic rings. The second-order valence-corrected chi connectivity index (χ2v) is 8.85. The Morgan fingerprint density at radius 1 is 1.03 bits per heavy atom. The van der Waals surface area contributed by atoms with Gasteiger partial charge in [-0.3, -0.25) is 9.59 Å². The average Bonchev–Trinajstić information content (AvgIpc) is 3.18. The second kappa shape index (κ2) is 13.4. The van der Waals surface area contributed by atoms with Crippen molar-refractivity contribution in [2.24, 2.45) is 5.10 Å². The number of carbonyl (C=O) groups is 2. The molecule has 0 radical (unpaired) electrons. The van der Waals surface area contributed by atoms with Crippen LogP contribution >= 0.6 is 46.1 Å². The largest absolute Gasteiger partial charge is 1.00 e. The van der Waals surface area contributed by atoms with Gasteiger partial charge >= 0.3 is 51.4 Å². The molecular weight excluding hydrogens is 548 g/mol. The molecule has 0 saturated heterocycles. The molecule has 7 nitrogen and oxygen atoms in total. The molecule has 0 saturated carbocycles. The number of nitrogens with one attached hydrogen (secondary N) is 2. The van der Waals surface area contributed by atoms with Gasteiger partial charge < -0.3 is 15.5 Å². The quantitative estimate of drug-likeness (QED) is 0.228. The summed E-state index contributed by atoms with van der Waals surface area (Å²) in [5.74, 6) is -1.27. The number of hydrazone groups is 1. The van der Waals surface area contributed by atoms with Crippen LogP contribution in [0.4, 0.5) is 0 Å². The van der Waals surface area contributed by atoms with Gasteiger partial charge in [0.1, 0.15) is 0 Å². The van der Waals surface area contributed by atoms with Crippen LogP contribution in [0.15, 0.2) is 46.9 Å². The SMILES string of the molecule is C/C(=N\NC(=O)c1ccc(C(=O)NCCO)c(Cl)c1)c1csc(-c2ccc(Cl)c(Cl)c2)c1[O-].[K+]. The first kappa shape index (κ1) is 29.2. The van der Waals surface area contributed by atoms with E-state index in [0.717, 1.165) is 0 Å². The Bertz CT molecular complexity index is 1250. The maximum absolute atomic E-state index is 12.8. The van der Waals surface area contributed by atoms with Crippen molar-refractivity contribution in [3.63, 3.8) is 0 Å². The Morgan fingerprint density at radius 2 is 1.76 bits per heavy atom. The molecule has 0 fully saturated rings. The van der Waals surface area contributed by atoms with Gasteiger partial charge in [0, 0.05) is 22.5 Å². The Hall–Kier alpha value is -0.984. The van der Waals surface area contributed by atoms with E-state index in [2.05, 4.69) is 15.8 Å². The van der Waals surface area contributed by atoms with Gasteiger partial charge in [-0.25, -0.2) is 5.43 Å². The molecule has 3 rings (SSSR count). The minimum atomic E-state index is -0.564. The van der Waals surface area contributed by atoms with Gasteiger partial charge in [-0.2, -0.15) is 5.10 Å². The van der Waals surface area contributed by atoms with Gasteiger partial charge in [0.15, 0.2) is 0 Å². The zero-order valence-corrected chi connectivity index (χ0v) is 24.3. The molecule has 3 N–H and O–H groups in total. The number of hydrogen-bond donors (Lipinski definition) is 3. The summed E-state index contributed by atoms with van der Waals surface area (Å²) in [4.78, 5) is 24.9. The van der Waals surface area contributed by atoms with Crippen LogP contribution in [0.1, 0.15) is 33.2 Å². The molecule has 34 heavy (non-hydrogen) atoms. The smallest absolute Gasteiger partial charge is 0.871 e. The minimum absolute atomic E-state index is 0. The number of rotatable bonds is 7. The number of nitrogens with zero attached hydrogens (tertiary/aromatic N) is 1. The number of amides is 2. The summed E-state index contributed by atoms with van der Waals surface area (Å²) in [7, 11) is 0. The van der Waals surface area contributed by atoms with Gasteiger partial charge in [-0.05, 0) is 48.2 Å². The zero-order valence-electron chi connectivity index (χ0n) is 18.1. The predicted molar refractivity (Wildman–Crippen MR) is 130 cm³/mol. The van der Waals surface area contributed by atoms with E-state index >= 15 is 0 Å². The molecule has 0 aliphatic heterocycles. The molecule has 0 unspecified atom stereocenters. The van der Waals surface area contributed by atoms with Crippen LogP contribution in [-0.2, 0) is 0 Å². The molecule has 1 heterocycles. The van der Waals surface area contributed by atoms with Crippen molar-refractivity contribution in [2.75, 3.05) is 13.2 Å². The van der Waals surface area contributed by atoms with Crippen LogP contribution in [0.5, 0.6) is 5.75 Å². The molecule has 0 aliphatic carbocycles. The fourth-order valence-corrected chi connectivity index (χ4v) is 4.36. The summed E-state index contributed by atoms with van der Waals surface area (Å²) in [6.07, 6.45) is 0. The molecule has 0 spiro atoms. The molecule has 12 heteroatoms. The van der Waals surface area contributed by atoms with Crippen molar-refractivity contribution in [2.45, 2.75) is 6.92 Å². The minimum Gasteiger partial charge on any atom is -0.871 e. The van der Waals surface area contributed by atoms with E-state index in [9.17, 15) is 14.7 Å². The summed E-state index contributed by atoms with van der Waals surface area (Å²) in [5, 5.41) is 30.6. The predicted octanol–water partition coefficient (Wildman–Crippen LogP) is 1.33. The van der Waals surface area contributed by atoms with Crippen molar-refractivity contribution < 1.29 is 71.2 Å².